The number of hydrogen-bond acceptors (Lipinski definition) is 3. The summed E-state index contributed by atoms with van der Waals surface area (Å²) in [7, 11) is 0. The van der Waals surface area contributed by atoms with Crippen LogP contribution in [0.4, 0.5) is 4.79 Å². The van der Waals surface area contributed by atoms with E-state index in [0.29, 0.717) is 19.4 Å². The minimum atomic E-state index is -0.634. The van der Waals surface area contributed by atoms with Crippen molar-refractivity contribution in [3.8, 4) is 0 Å². The maximum absolute atomic E-state index is 12.5. The van der Waals surface area contributed by atoms with Crippen LogP contribution < -0.4 is 0 Å². The van der Waals surface area contributed by atoms with Crippen LogP contribution in [-0.2, 0) is 11.3 Å². The smallest absolute Gasteiger partial charge is 0.410 e. The second-order valence-electron chi connectivity index (χ2n) is 7.15. The van der Waals surface area contributed by atoms with E-state index in [-0.39, 0.29) is 18.2 Å². The molecule has 2 saturated heterocycles. The van der Waals surface area contributed by atoms with Gasteiger partial charge in [0.2, 0.25) is 0 Å². The number of carbonyl (C=O) groups is 1. The lowest BCUT2D eigenvalue weighted by atomic mass is 9.82. The second-order valence-corrected chi connectivity index (χ2v) is 7.15. The van der Waals surface area contributed by atoms with Crippen molar-refractivity contribution in [1.29, 1.82) is 0 Å². The molecule has 2 unspecified atom stereocenters. The Balaban J connectivity index is 1.56. The van der Waals surface area contributed by atoms with Crippen LogP contribution in [0.5, 0.6) is 0 Å². The summed E-state index contributed by atoms with van der Waals surface area (Å²) >= 11 is 0. The van der Waals surface area contributed by atoms with Crippen molar-refractivity contribution in [2.45, 2.75) is 69.2 Å². The number of rotatable bonds is 6. The highest BCUT2D eigenvalue weighted by molar-refractivity contribution is 5.69. The number of unbranched alkanes of at least 4 members (excludes halogenated alkanes) is 1. The molecule has 1 aromatic carbocycles. The molecule has 0 radical (unpaired) electrons. The van der Waals surface area contributed by atoms with Gasteiger partial charge >= 0.3 is 6.09 Å². The Kier molecular flexibility index (Phi) is 5.24. The topological polar surface area (TPSA) is 49.8 Å². The van der Waals surface area contributed by atoms with Crippen molar-refractivity contribution in [3.05, 3.63) is 48.6 Å². The van der Waals surface area contributed by atoms with Gasteiger partial charge in [0, 0.05) is 12.1 Å². The molecule has 2 fully saturated rings. The van der Waals surface area contributed by atoms with Crippen LogP contribution in [0.25, 0.3) is 0 Å². The Bertz CT molecular complexity index is 558. The molecule has 4 nitrogen and oxygen atoms in total. The van der Waals surface area contributed by atoms with E-state index in [1.54, 1.807) is 0 Å². The molecule has 24 heavy (non-hydrogen) atoms. The van der Waals surface area contributed by atoms with E-state index in [1.165, 1.54) is 0 Å². The molecule has 1 N–H and O–H groups in total. The number of benzene rings is 1. The fourth-order valence-corrected chi connectivity index (χ4v) is 4.19. The predicted molar refractivity (Wildman–Crippen MR) is 93.5 cm³/mol. The van der Waals surface area contributed by atoms with Gasteiger partial charge in [-0.1, -0.05) is 36.4 Å². The zero-order valence-corrected chi connectivity index (χ0v) is 14.2. The van der Waals surface area contributed by atoms with E-state index < -0.39 is 5.60 Å². The van der Waals surface area contributed by atoms with Crippen LogP contribution in [0.2, 0.25) is 0 Å². The predicted octanol–water partition coefficient (Wildman–Crippen LogP) is 4.04. The Labute approximate surface area is 144 Å². The summed E-state index contributed by atoms with van der Waals surface area (Å²) in [5.74, 6) is 0. The fourth-order valence-electron chi connectivity index (χ4n) is 4.19. The molecule has 1 amide bonds. The zero-order chi connectivity index (χ0) is 17.0. The molecular formula is C20H27NO3. The third-order valence-electron chi connectivity index (χ3n) is 5.32. The highest BCUT2D eigenvalue weighted by Gasteiger charge is 2.49. The molecule has 0 aromatic heterocycles. The zero-order valence-electron chi connectivity index (χ0n) is 14.2. The normalized spacial score (nSPS) is 28.6. The standard InChI is InChI=1S/C20H27NO3/c1-2-3-7-12-20(23)13-17-10-11-18(14-20)21(17)19(22)24-15-16-8-5-4-6-9-16/h2,4-6,8-9,17-18,23H,1,3,7,10-15H2. The number of aliphatic hydroxyl groups is 1. The third kappa shape index (κ3) is 3.81. The van der Waals surface area contributed by atoms with E-state index >= 15 is 0 Å². The van der Waals surface area contributed by atoms with Crippen molar-refractivity contribution < 1.29 is 14.6 Å². The Morgan fingerprint density at radius 2 is 1.96 bits per heavy atom. The van der Waals surface area contributed by atoms with E-state index in [9.17, 15) is 9.90 Å². The molecule has 0 saturated carbocycles. The molecular weight excluding hydrogens is 302 g/mol. The van der Waals surface area contributed by atoms with Gasteiger partial charge < -0.3 is 14.7 Å². The number of nitrogens with zero attached hydrogens (tertiary/aromatic N) is 1. The summed E-state index contributed by atoms with van der Waals surface area (Å²) < 4.78 is 5.51. The average Bonchev–Trinajstić information content (AvgIpc) is 2.86. The summed E-state index contributed by atoms with van der Waals surface area (Å²) in [4.78, 5) is 14.4. The van der Waals surface area contributed by atoms with Crippen molar-refractivity contribution >= 4 is 6.09 Å². The highest BCUT2D eigenvalue weighted by Crippen LogP contribution is 2.43. The van der Waals surface area contributed by atoms with Crippen molar-refractivity contribution in [3.63, 3.8) is 0 Å². The fraction of sp³-hybridized carbons (Fsp3) is 0.550. The van der Waals surface area contributed by atoms with Crippen LogP contribution in [-0.4, -0.2) is 33.8 Å². The summed E-state index contributed by atoms with van der Waals surface area (Å²) in [6, 6.07) is 9.96. The molecule has 2 aliphatic rings. The van der Waals surface area contributed by atoms with Crippen LogP contribution in [0.3, 0.4) is 0 Å². The maximum Gasteiger partial charge on any atom is 0.410 e. The summed E-state index contributed by atoms with van der Waals surface area (Å²) in [6.45, 7) is 4.04. The first-order chi connectivity index (χ1) is 11.6. The monoisotopic (exact) mass is 329 g/mol. The van der Waals surface area contributed by atoms with Gasteiger partial charge in [-0.15, -0.1) is 6.58 Å². The minimum absolute atomic E-state index is 0.112. The first kappa shape index (κ1) is 17.0. The summed E-state index contributed by atoms with van der Waals surface area (Å²) in [5, 5.41) is 10.9. The van der Waals surface area contributed by atoms with Gasteiger partial charge in [-0.25, -0.2) is 4.79 Å². The first-order valence-electron chi connectivity index (χ1n) is 8.93. The lowest BCUT2D eigenvalue weighted by molar-refractivity contribution is -0.0549. The van der Waals surface area contributed by atoms with Crippen LogP contribution in [0, 0.1) is 0 Å². The molecule has 2 bridgehead atoms. The number of ether oxygens (including phenoxy) is 1. The lowest BCUT2D eigenvalue weighted by Gasteiger charge is -2.43. The number of fused-ring (bicyclic) bond motifs is 2. The molecule has 0 aliphatic carbocycles. The van der Waals surface area contributed by atoms with Gasteiger partial charge in [-0.2, -0.15) is 0 Å². The third-order valence-corrected chi connectivity index (χ3v) is 5.32. The molecule has 2 atom stereocenters. The van der Waals surface area contributed by atoms with Crippen molar-refractivity contribution in [2.24, 2.45) is 0 Å². The quantitative estimate of drug-likeness (QED) is 0.633. The van der Waals surface area contributed by atoms with Crippen molar-refractivity contribution in [1.82, 2.24) is 4.90 Å². The second kappa shape index (κ2) is 7.39. The van der Waals surface area contributed by atoms with Crippen LogP contribution >= 0.6 is 0 Å². The molecule has 1 aromatic rings. The molecule has 2 aliphatic heterocycles. The Hall–Kier alpha value is -1.81. The summed E-state index contributed by atoms with van der Waals surface area (Å²) in [6.07, 6.45) is 7.61. The van der Waals surface area contributed by atoms with Crippen molar-refractivity contribution in [2.75, 3.05) is 0 Å². The molecule has 2 heterocycles. The number of hydrogen-bond donors (Lipinski definition) is 1. The number of allylic oxidation sites excluding steroid dienone is 1. The van der Waals surface area contributed by atoms with E-state index in [2.05, 4.69) is 6.58 Å². The van der Waals surface area contributed by atoms with Gasteiger partial charge in [0.05, 0.1) is 5.60 Å². The number of amides is 1. The van der Waals surface area contributed by atoms with E-state index in [0.717, 1.165) is 37.7 Å². The van der Waals surface area contributed by atoms with Crippen LogP contribution in [0.15, 0.2) is 43.0 Å². The maximum atomic E-state index is 12.5. The van der Waals surface area contributed by atoms with Gasteiger partial charge in [0.1, 0.15) is 6.61 Å². The van der Waals surface area contributed by atoms with Gasteiger partial charge in [-0.05, 0) is 50.5 Å². The molecule has 0 spiro atoms. The SMILES string of the molecule is C=CCCCC1(O)CC2CCC(C1)N2C(=O)OCc1ccccc1. The van der Waals surface area contributed by atoms with Crippen LogP contribution in [0.1, 0.15) is 50.5 Å². The average molecular weight is 329 g/mol. The highest BCUT2D eigenvalue weighted by atomic mass is 16.6. The van der Waals surface area contributed by atoms with E-state index in [4.69, 9.17) is 4.74 Å². The minimum Gasteiger partial charge on any atom is -0.445 e. The molecule has 3 rings (SSSR count). The van der Waals surface area contributed by atoms with Gasteiger partial charge in [-0.3, -0.25) is 0 Å². The van der Waals surface area contributed by atoms with Gasteiger partial charge in [0.15, 0.2) is 0 Å². The Morgan fingerprint density at radius 1 is 1.29 bits per heavy atom. The van der Waals surface area contributed by atoms with Gasteiger partial charge in [0.25, 0.3) is 0 Å². The number of piperidine rings is 1. The van der Waals surface area contributed by atoms with E-state index in [1.807, 2.05) is 41.3 Å². The largest absolute Gasteiger partial charge is 0.445 e. The molecule has 130 valence electrons. The Morgan fingerprint density at radius 3 is 2.58 bits per heavy atom. The molecule has 4 heteroatoms. The first-order valence-corrected chi connectivity index (χ1v) is 8.93. The number of carbonyl (C=O) groups excluding carboxylic acids is 1. The summed E-state index contributed by atoms with van der Waals surface area (Å²) in [5.41, 5.74) is 0.363. The lowest BCUT2D eigenvalue weighted by Crippen LogP contribution is -2.53.